The molecule has 0 aliphatic heterocycles. The summed E-state index contributed by atoms with van der Waals surface area (Å²) in [5.41, 5.74) is 0. The van der Waals surface area contributed by atoms with E-state index in [1.807, 2.05) is 13.8 Å². The molecule has 1 fully saturated rings. The summed E-state index contributed by atoms with van der Waals surface area (Å²) < 4.78 is 5.66. The molecule has 184 valence electrons. The number of hydrogen-bond donors (Lipinski definition) is 1. The van der Waals surface area contributed by atoms with Crippen molar-refractivity contribution in [3.63, 3.8) is 0 Å². The normalized spacial score (nSPS) is 15.9. The molecule has 9 heteroatoms. The van der Waals surface area contributed by atoms with Crippen molar-refractivity contribution in [1.29, 1.82) is 0 Å². The third kappa shape index (κ3) is 9.02. The molecule has 0 radical (unpaired) electrons. The number of Topliss-reactive ketones (excluding diaryl/α,β-unsaturated/α-hetero) is 1. The molecule has 32 heavy (non-hydrogen) atoms. The highest BCUT2D eigenvalue weighted by Gasteiger charge is 2.30. The Kier molecular flexibility index (Phi) is 12.8. The van der Waals surface area contributed by atoms with Crippen LogP contribution in [0.15, 0.2) is 9.64 Å². The van der Waals surface area contributed by atoms with Crippen LogP contribution in [0.4, 0.5) is 0 Å². The summed E-state index contributed by atoms with van der Waals surface area (Å²) in [5.74, 6) is 0.755. The molecule has 2 rings (SSSR count). The van der Waals surface area contributed by atoms with Gasteiger partial charge in [-0.2, -0.15) is 0 Å². The Morgan fingerprint density at radius 1 is 1.06 bits per heavy atom. The number of rotatable bonds is 12. The highest BCUT2D eigenvalue weighted by Crippen LogP contribution is 2.24. The van der Waals surface area contributed by atoms with Gasteiger partial charge in [0.15, 0.2) is 0 Å². The molecule has 0 bridgehead atoms. The number of ketones is 1. The minimum Gasteiger partial charge on any atom is -0.408 e. The van der Waals surface area contributed by atoms with E-state index < -0.39 is 6.04 Å². The van der Waals surface area contributed by atoms with Crippen LogP contribution in [-0.2, 0) is 4.79 Å². The molecule has 1 aliphatic rings. The van der Waals surface area contributed by atoms with E-state index in [2.05, 4.69) is 48.1 Å². The molecule has 1 aromatic heterocycles. The Morgan fingerprint density at radius 2 is 1.69 bits per heavy atom. The van der Waals surface area contributed by atoms with Gasteiger partial charge in [0.25, 0.3) is 11.1 Å². The Labute approximate surface area is 203 Å². The van der Waals surface area contributed by atoms with Gasteiger partial charge in [-0.15, -0.1) is 22.6 Å². The van der Waals surface area contributed by atoms with Gasteiger partial charge < -0.3 is 9.73 Å². The number of carbonyl (C=O) groups is 2. The van der Waals surface area contributed by atoms with E-state index in [1.54, 1.807) is 0 Å². The van der Waals surface area contributed by atoms with Gasteiger partial charge in [-0.05, 0) is 52.9 Å². The van der Waals surface area contributed by atoms with E-state index in [0.717, 1.165) is 38.0 Å². The summed E-state index contributed by atoms with van der Waals surface area (Å²) in [6.07, 6.45) is 5.71. The van der Waals surface area contributed by atoms with Gasteiger partial charge in [-0.3, -0.25) is 14.5 Å². The van der Waals surface area contributed by atoms with E-state index in [4.69, 9.17) is 4.42 Å². The zero-order valence-electron chi connectivity index (χ0n) is 20.4. The van der Waals surface area contributed by atoms with Gasteiger partial charge in [0, 0.05) is 30.3 Å². The fourth-order valence-corrected chi connectivity index (χ4v) is 4.94. The summed E-state index contributed by atoms with van der Waals surface area (Å²) in [5, 5.41) is 11.4. The third-order valence-electron chi connectivity index (χ3n) is 5.83. The first-order chi connectivity index (χ1) is 14.7. The Bertz CT molecular complexity index is 697. The van der Waals surface area contributed by atoms with Crippen molar-refractivity contribution in [2.75, 3.05) is 12.3 Å². The molecule has 1 atom stereocenters. The van der Waals surface area contributed by atoms with Crippen molar-refractivity contribution in [1.82, 2.24) is 20.4 Å². The van der Waals surface area contributed by atoms with Crippen LogP contribution in [-0.4, -0.2) is 57.2 Å². The first-order valence-electron chi connectivity index (χ1n) is 11.8. The zero-order valence-corrected chi connectivity index (χ0v) is 22.1. The molecular formula is C23H41ClN4O3S. The topological polar surface area (TPSA) is 88.3 Å². The minimum atomic E-state index is -0.620. The van der Waals surface area contributed by atoms with Crippen molar-refractivity contribution < 1.29 is 14.0 Å². The van der Waals surface area contributed by atoms with Crippen LogP contribution < -0.4 is 5.32 Å². The van der Waals surface area contributed by atoms with Crippen LogP contribution in [0.5, 0.6) is 0 Å². The number of nitrogens with zero attached hydrogens (tertiary/aromatic N) is 3. The standard InChI is InChI=1S/C23H40N4O3S.ClH/c1-15(2)14-19(24-21(29)18-10-8-7-9-11-18)20(28)22-25-26-23(30-22)31-13-12-27(16(3)4)17(5)6;/h15-19H,7-14H2,1-6H3,(H,24,29);1H. The molecule has 1 saturated carbocycles. The van der Waals surface area contributed by atoms with E-state index in [0.29, 0.717) is 23.7 Å². The summed E-state index contributed by atoms with van der Waals surface area (Å²) in [6, 6.07) is 0.306. The molecule has 7 nitrogen and oxygen atoms in total. The lowest BCUT2D eigenvalue weighted by Crippen LogP contribution is -2.45. The Hall–Kier alpha value is -1.12. The highest BCUT2D eigenvalue weighted by molar-refractivity contribution is 7.99. The second kappa shape index (κ2) is 14.2. The van der Waals surface area contributed by atoms with Crippen LogP contribution in [0.1, 0.15) is 90.8 Å². The van der Waals surface area contributed by atoms with Gasteiger partial charge >= 0.3 is 0 Å². The lowest BCUT2D eigenvalue weighted by atomic mass is 9.88. The van der Waals surface area contributed by atoms with Crippen molar-refractivity contribution in [3.05, 3.63) is 5.89 Å². The van der Waals surface area contributed by atoms with Crippen LogP contribution >= 0.6 is 24.2 Å². The lowest BCUT2D eigenvalue weighted by Gasteiger charge is -2.30. The molecule has 1 amide bonds. The maximum Gasteiger partial charge on any atom is 0.286 e. The highest BCUT2D eigenvalue weighted by atomic mass is 35.5. The predicted molar refractivity (Wildman–Crippen MR) is 132 cm³/mol. The van der Waals surface area contributed by atoms with Gasteiger partial charge in [-0.25, -0.2) is 0 Å². The maximum atomic E-state index is 13.0. The van der Waals surface area contributed by atoms with Gasteiger partial charge in [-0.1, -0.05) is 44.9 Å². The average molecular weight is 489 g/mol. The van der Waals surface area contributed by atoms with Crippen molar-refractivity contribution in [3.8, 4) is 0 Å². The number of amides is 1. The second-order valence-corrected chi connectivity index (χ2v) is 10.6. The molecule has 1 aliphatic carbocycles. The van der Waals surface area contributed by atoms with E-state index in [1.165, 1.54) is 18.2 Å². The lowest BCUT2D eigenvalue weighted by molar-refractivity contribution is -0.126. The predicted octanol–water partition coefficient (Wildman–Crippen LogP) is 5.00. The molecule has 1 N–H and O–H groups in total. The molecule has 1 unspecified atom stereocenters. The number of hydrogen-bond acceptors (Lipinski definition) is 7. The second-order valence-electron chi connectivity index (χ2n) is 9.54. The SMILES string of the molecule is CC(C)CC(NC(=O)C1CCCCC1)C(=O)c1nnc(SCCN(C(C)C)C(C)C)o1.Cl. The average Bonchev–Trinajstić information content (AvgIpc) is 3.18. The molecule has 0 aromatic carbocycles. The maximum absolute atomic E-state index is 13.0. The largest absolute Gasteiger partial charge is 0.408 e. The fraction of sp³-hybridized carbons (Fsp3) is 0.826. The van der Waals surface area contributed by atoms with E-state index in [-0.39, 0.29) is 41.8 Å². The van der Waals surface area contributed by atoms with Crippen LogP contribution in [0.3, 0.4) is 0 Å². The van der Waals surface area contributed by atoms with E-state index in [9.17, 15) is 9.59 Å². The Morgan fingerprint density at radius 3 is 2.25 bits per heavy atom. The number of carbonyl (C=O) groups excluding carboxylic acids is 2. The van der Waals surface area contributed by atoms with Gasteiger partial charge in [0.1, 0.15) is 0 Å². The monoisotopic (exact) mass is 488 g/mol. The van der Waals surface area contributed by atoms with Crippen LogP contribution in [0.2, 0.25) is 0 Å². The first-order valence-corrected chi connectivity index (χ1v) is 12.7. The Balaban J connectivity index is 0.00000512. The van der Waals surface area contributed by atoms with Crippen LogP contribution in [0, 0.1) is 11.8 Å². The third-order valence-corrected chi connectivity index (χ3v) is 6.63. The number of halogens is 1. The van der Waals surface area contributed by atoms with Gasteiger partial charge in [0.2, 0.25) is 11.7 Å². The summed E-state index contributed by atoms with van der Waals surface area (Å²) >= 11 is 1.46. The van der Waals surface area contributed by atoms with E-state index >= 15 is 0 Å². The summed E-state index contributed by atoms with van der Waals surface area (Å²) in [7, 11) is 0. The van der Waals surface area contributed by atoms with Gasteiger partial charge in [0.05, 0.1) is 6.04 Å². The molecule has 0 spiro atoms. The molecule has 1 aromatic rings. The zero-order chi connectivity index (χ0) is 23.0. The van der Waals surface area contributed by atoms with Crippen molar-refractivity contribution >= 4 is 35.9 Å². The summed E-state index contributed by atoms with van der Waals surface area (Å²) in [6.45, 7) is 13.7. The summed E-state index contributed by atoms with van der Waals surface area (Å²) in [4.78, 5) is 28.1. The molecule has 0 saturated heterocycles. The molecule has 1 heterocycles. The van der Waals surface area contributed by atoms with Crippen molar-refractivity contribution in [2.45, 2.75) is 103 Å². The quantitative estimate of drug-likeness (QED) is 0.327. The smallest absolute Gasteiger partial charge is 0.286 e. The minimum absolute atomic E-state index is 0. The number of nitrogens with one attached hydrogen (secondary N) is 1. The first kappa shape index (κ1) is 28.9. The molecular weight excluding hydrogens is 448 g/mol. The number of thioether (sulfide) groups is 1. The fourth-order valence-electron chi connectivity index (χ4n) is 4.23. The van der Waals surface area contributed by atoms with Crippen molar-refractivity contribution in [2.24, 2.45) is 11.8 Å². The number of aromatic nitrogens is 2. The van der Waals surface area contributed by atoms with Crippen LogP contribution in [0.25, 0.3) is 0 Å².